The summed E-state index contributed by atoms with van der Waals surface area (Å²) in [4.78, 5) is 27.6. The molecule has 5 aliphatic rings. The first-order valence-corrected chi connectivity index (χ1v) is 16.4. The molecule has 0 aromatic heterocycles. The Morgan fingerprint density at radius 3 is 2.17 bits per heavy atom. The number of unbranched alkanes of at least 4 members (excludes halogenated alkanes) is 1. The maximum atomic E-state index is 13.1. The molecule has 0 spiro atoms. The van der Waals surface area contributed by atoms with Gasteiger partial charge in [-0.1, -0.05) is 66.9 Å². The summed E-state index contributed by atoms with van der Waals surface area (Å²) >= 11 is 14.4. The zero-order chi connectivity index (χ0) is 28.7. The average molecular weight is 597 g/mol. The predicted molar refractivity (Wildman–Crippen MR) is 168 cm³/mol. The van der Waals surface area contributed by atoms with Crippen molar-refractivity contribution in [2.45, 2.75) is 89.5 Å². The van der Waals surface area contributed by atoms with E-state index in [0.29, 0.717) is 47.3 Å². The highest BCUT2D eigenvalue weighted by Gasteiger charge is 2.50. The maximum absolute atomic E-state index is 13.1. The van der Waals surface area contributed by atoms with Crippen LogP contribution in [-0.2, 0) is 15.1 Å². The number of carbonyl (C=O) groups is 2. The van der Waals surface area contributed by atoms with Gasteiger partial charge in [-0.3, -0.25) is 9.59 Å². The Morgan fingerprint density at radius 2 is 1.59 bits per heavy atom. The van der Waals surface area contributed by atoms with E-state index in [1.54, 1.807) is 6.92 Å². The molecule has 2 aromatic carbocycles. The number of anilines is 2. The van der Waals surface area contributed by atoms with E-state index in [2.05, 4.69) is 40.7 Å². The van der Waals surface area contributed by atoms with Crippen LogP contribution in [0.2, 0.25) is 10.0 Å². The first-order chi connectivity index (χ1) is 19.8. The van der Waals surface area contributed by atoms with Gasteiger partial charge in [0.2, 0.25) is 11.8 Å². The van der Waals surface area contributed by atoms with E-state index < -0.39 is 5.54 Å². The van der Waals surface area contributed by atoms with E-state index >= 15 is 0 Å². The lowest BCUT2D eigenvalue weighted by Crippen LogP contribution is -2.52. The molecule has 7 rings (SSSR count). The second-order valence-electron chi connectivity index (χ2n) is 13.2. The number of carbonyl (C=O) groups excluding carboxylic acids is 2. The SMILES string of the molecule is CCCCC(=O)Nc1cc(N2CCC(NC(C)=O)(c3ccccc3)CC2)c(Cl)c(Cl)c1C1C2CC3CC(C2)CC1C3. The van der Waals surface area contributed by atoms with Gasteiger partial charge in [-0.2, -0.15) is 0 Å². The van der Waals surface area contributed by atoms with Crippen molar-refractivity contribution in [3.8, 4) is 0 Å². The van der Waals surface area contributed by atoms with Crippen molar-refractivity contribution >= 4 is 46.4 Å². The van der Waals surface area contributed by atoms with Crippen molar-refractivity contribution in [1.29, 1.82) is 0 Å². The van der Waals surface area contributed by atoms with E-state index in [-0.39, 0.29) is 11.8 Å². The molecule has 220 valence electrons. The van der Waals surface area contributed by atoms with Crippen LogP contribution in [0.25, 0.3) is 0 Å². The molecule has 0 atom stereocenters. The Hall–Kier alpha value is -2.24. The summed E-state index contributed by atoms with van der Waals surface area (Å²) < 4.78 is 0. The van der Waals surface area contributed by atoms with Gasteiger partial charge < -0.3 is 15.5 Å². The number of halogens is 2. The second kappa shape index (κ2) is 11.8. The van der Waals surface area contributed by atoms with Crippen LogP contribution in [-0.4, -0.2) is 24.9 Å². The number of hydrogen-bond donors (Lipinski definition) is 2. The van der Waals surface area contributed by atoms with Crippen LogP contribution < -0.4 is 15.5 Å². The lowest BCUT2D eigenvalue weighted by atomic mass is 9.50. The lowest BCUT2D eigenvalue weighted by Gasteiger charge is -2.55. The topological polar surface area (TPSA) is 61.4 Å². The van der Waals surface area contributed by atoms with Crippen LogP contribution in [0, 0.1) is 23.7 Å². The van der Waals surface area contributed by atoms with Crippen LogP contribution in [0.4, 0.5) is 11.4 Å². The third kappa shape index (κ3) is 5.61. The number of nitrogens with zero attached hydrogens (tertiary/aromatic N) is 1. The first kappa shape index (κ1) is 28.9. The molecule has 7 heteroatoms. The van der Waals surface area contributed by atoms with Gasteiger partial charge in [-0.05, 0) is 98.1 Å². The van der Waals surface area contributed by atoms with E-state index in [1.165, 1.54) is 32.1 Å². The molecule has 4 saturated carbocycles. The molecule has 1 heterocycles. The molecular formula is C34H43Cl2N3O2. The van der Waals surface area contributed by atoms with Gasteiger partial charge >= 0.3 is 0 Å². The molecule has 4 aliphatic carbocycles. The molecule has 5 fully saturated rings. The van der Waals surface area contributed by atoms with Crippen molar-refractivity contribution in [3.63, 3.8) is 0 Å². The quantitative estimate of drug-likeness (QED) is 0.322. The molecule has 4 bridgehead atoms. The van der Waals surface area contributed by atoms with E-state index in [0.717, 1.165) is 60.0 Å². The standard InChI is InChI=1S/C34H43Cl2N3O2/c1-3-4-10-29(41)37-27-20-28(39-13-11-34(12-14-39,38-21(2)40)26-8-6-5-7-9-26)32(35)33(36)31(27)30-24-16-22-15-23(18-24)19-25(30)17-22/h5-9,20,22-25,30H,3-4,10-19H2,1-2H3,(H,37,41)(H,38,40). The van der Waals surface area contributed by atoms with Crippen LogP contribution in [0.3, 0.4) is 0 Å². The van der Waals surface area contributed by atoms with E-state index in [4.69, 9.17) is 23.2 Å². The van der Waals surface area contributed by atoms with Crippen LogP contribution in [0.5, 0.6) is 0 Å². The van der Waals surface area contributed by atoms with Gasteiger partial charge in [0, 0.05) is 32.1 Å². The Balaban J connectivity index is 1.33. The van der Waals surface area contributed by atoms with Crippen molar-refractivity contribution < 1.29 is 9.59 Å². The number of hydrogen-bond acceptors (Lipinski definition) is 3. The lowest BCUT2D eigenvalue weighted by molar-refractivity contribution is -0.121. The first-order valence-electron chi connectivity index (χ1n) is 15.7. The monoisotopic (exact) mass is 595 g/mol. The van der Waals surface area contributed by atoms with Gasteiger partial charge in [0.05, 0.1) is 21.3 Å². The molecule has 1 saturated heterocycles. The Kier molecular flexibility index (Phi) is 8.31. The van der Waals surface area contributed by atoms with Crippen molar-refractivity contribution in [2.24, 2.45) is 23.7 Å². The third-order valence-electron chi connectivity index (χ3n) is 10.5. The summed E-state index contributed by atoms with van der Waals surface area (Å²) in [6, 6.07) is 12.4. The average Bonchev–Trinajstić information content (AvgIpc) is 2.95. The van der Waals surface area contributed by atoms with Crippen molar-refractivity contribution in [3.05, 3.63) is 57.6 Å². The minimum atomic E-state index is -0.419. The Bertz CT molecular complexity index is 1260. The summed E-state index contributed by atoms with van der Waals surface area (Å²) in [5.41, 5.74) is 3.51. The highest BCUT2D eigenvalue weighted by molar-refractivity contribution is 6.44. The predicted octanol–water partition coefficient (Wildman–Crippen LogP) is 8.29. The number of nitrogens with one attached hydrogen (secondary N) is 2. The number of amides is 2. The van der Waals surface area contributed by atoms with Crippen LogP contribution >= 0.6 is 23.2 Å². The zero-order valence-electron chi connectivity index (χ0n) is 24.4. The molecule has 5 nitrogen and oxygen atoms in total. The second-order valence-corrected chi connectivity index (χ2v) is 14.0. The number of piperidine rings is 1. The van der Waals surface area contributed by atoms with Gasteiger partial charge in [0.1, 0.15) is 0 Å². The third-order valence-corrected chi connectivity index (χ3v) is 11.4. The molecule has 2 amide bonds. The van der Waals surface area contributed by atoms with Crippen molar-refractivity contribution in [1.82, 2.24) is 5.32 Å². The number of rotatable bonds is 8. The minimum Gasteiger partial charge on any atom is -0.370 e. The largest absolute Gasteiger partial charge is 0.370 e. The molecule has 2 aromatic rings. The number of benzene rings is 2. The minimum absolute atomic E-state index is 0.0273. The highest BCUT2D eigenvalue weighted by Crippen LogP contribution is 2.62. The molecule has 41 heavy (non-hydrogen) atoms. The molecule has 0 radical (unpaired) electrons. The Labute approximate surface area is 254 Å². The van der Waals surface area contributed by atoms with Crippen LogP contribution in [0.1, 0.15) is 95.1 Å². The summed E-state index contributed by atoms with van der Waals surface area (Å²) in [5, 5.41) is 7.78. The van der Waals surface area contributed by atoms with Gasteiger partial charge in [0.25, 0.3) is 0 Å². The molecule has 2 N–H and O–H groups in total. The maximum Gasteiger partial charge on any atom is 0.224 e. The molecule has 1 aliphatic heterocycles. The Morgan fingerprint density at radius 1 is 0.951 bits per heavy atom. The van der Waals surface area contributed by atoms with Crippen molar-refractivity contribution in [2.75, 3.05) is 23.3 Å². The normalized spacial score (nSPS) is 28.0. The van der Waals surface area contributed by atoms with Gasteiger partial charge in [-0.25, -0.2) is 0 Å². The summed E-state index contributed by atoms with van der Waals surface area (Å²) in [6.07, 6.45) is 10.3. The van der Waals surface area contributed by atoms with E-state index in [9.17, 15) is 9.59 Å². The molecule has 0 unspecified atom stereocenters. The fraction of sp³-hybridized carbons (Fsp3) is 0.588. The molecular weight excluding hydrogens is 553 g/mol. The fourth-order valence-electron chi connectivity index (χ4n) is 8.94. The fourth-order valence-corrected chi connectivity index (χ4v) is 9.54. The van der Waals surface area contributed by atoms with Crippen LogP contribution in [0.15, 0.2) is 36.4 Å². The van der Waals surface area contributed by atoms with Gasteiger partial charge in [-0.15, -0.1) is 0 Å². The zero-order valence-corrected chi connectivity index (χ0v) is 25.9. The summed E-state index contributed by atoms with van der Waals surface area (Å²) in [7, 11) is 0. The smallest absolute Gasteiger partial charge is 0.224 e. The summed E-state index contributed by atoms with van der Waals surface area (Å²) in [5.74, 6) is 3.33. The highest BCUT2D eigenvalue weighted by atomic mass is 35.5. The van der Waals surface area contributed by atoms with Gasteiger partial charge in [0.15, 0.2) is 0 Å². The summed E-state index contributed by atoms with van der Waals surface area (Å²) in [6.45, 7) is 5.12. The van der Waals surface area contributed by atoms with E-state index in [1.807, 2.05) is 18.2 Å².